The van der Waals surface area contributed by atoms with Crippen molar-refractivity contribution in [2.24, 2.45) is 5.92 Å². The first-order chi connectivity index (χ1) is 4.18. The predicted octanol–water partition coefficient (Wildman–Crippen LogP) is 2.92. The first-order valence-electron chi connectivity index (χ1n) is 3.15. The van der Waals surface area contributed by atoms with Crippen molar-refractivity contribution in [3.8, 4) is 0 Å². The molecule has 0 bridgehead atoms. The highest BCUT2D eigenvalue weighted by atomic mass is 79.9. The minimum atomic E-state index is 0.525. The highest BCUT2D eigenvalue weighted by Crippen LogP contribution is 2.15. The van der Waals surface area contributed by atoms with Crippen molar-refractivity contribution in [2.45, 2.75) is 20.8 Å². The quantitative estimate of drug-likeness (QED) is 0.626. The second-order valence-corrected chi connectivity index (χ2v) is 3.03. The van der Waals surface area contributed by atoms with E-state index in [0.717, 1.165) is 11.1 Å². The molecule has 2 heteroatoms. The molecule has 0 aliphatic heterocycles. The average Bonchev–Trinajstić information content (AvgIpc) is 1.82. The van der Waals surface area contributed by atoms with E-state index < -0.39 is 0 Å². The number of ether oxygens (including phenoxy) is 1. The molecule has 0 aliphatic carbocycles. The molecular formula is C7H13BrO. The predicted molar refractivity (Wildman–Crippen MR) is 43.5 cm³/mol. The Balaban J connectivity index is 3.55. The topological polar surface area (TPSA) is 9.23 Å². The maximum atomic E-state index is 5.05. The minimum Gasteiger partial charge on any atom is -0.501 e. The molecule has 0 aromatic heterocycles. The number of rotatable bonds is 3. The first-order valence-corrected chi connectivity index (χ1v) is 3.95. The lowest BCUT2D eigenvalue weighted by molar-refractivity contribution is 0.266. The van der Waals surface area contributed by atoms with Gasteiger partial charge in [0.2, 0.25) is 0 Å². The van der Waals surface area contributed by atoms with Gasteiger partial charge in [0.25, 0.3) is 0 Å². The van der Waals surface area contributed by atoms with Gasteiger partial charge in [0.1, 0.15) is 0 Å². The van der Waals surface area contributed by atoms with Gasteiger partial charge >= 0.3 is 0 Å². The van der Waals surface area contributed by atoms with Crippen LogP contribution in [0.4, 0.5) is 0 Å². The van der Waals surface area contributed by atoms with E-state index in [-0.39, 0.29) is 0 Å². The molecule has 0 aliphatic rings. The molecule has 54 valence electrons. The summed E-state index contributed by atoms with van der Waals surface area (Å²) in [5, 5.41) is 0. The molecule has 0 aromatic carbocycles. The van der Waals surface area contributed by atoms with Crippen molar-refractivity contribution in [3.63, 3.8) is 0 Å². The fraction of sp³-hybridized carbons (Fsp3) is 0.714. The zero-order valence-electron chi connectivity index (χ0n) is 6.15. The van der Waals surface area contributed by atoms with Crippen LogP contribution in [0.15, 0.2) is 10.7 Å². The third-order valence-corrected chi connectivity index (χ3v) is 2.02. The van der Waals surface area contributed by atoms with E-state index in [1.807, 2.05) is 6.92 Å². The normalized spacial score (nSPS) is 12.3. The Bertz CT molecular complexity index is 97.1. The van der Waals surface area contributed by atoms with E-state index in [1.54, 1.807) is 6.26 Å². The van der Waals surface area contributed by atoms with Crippen LogP contribution < -0.4 is 0 Å². The lowest BCUT2D eigenvalue weighted by atomic mass is 10.2. The van der Waals surface area contributed by atoms with Crippen molar-refractivity contribution in [1.29, 1.82) is 0 Å². The van der Waals surface area contributed by atoms with E-state index in [2.05, 4.69) is 29.8 Å². The monoisotopic (exact) mass is 192 g/mol. The number of halogens is 1. The van der Waals surface area contributed by atoms with Gasteiger partial charge in [-0.15, -0.1) is 0 Å². The molecule has 0 unspecified atom stereocenters. The van der Waals surface area contributed by atoms with E-state index >= 15 is 0 Å². The van der Waals surface area contributed by atoms with Gasteiger partial charge in [-0.1, -0.05) is 29.8 Å². The van der Waals surface area contributed by atoms with Crippen LogP contribution in [0.2, 0.25) is 0 Å². The van der Waals surface area contributed by atoms with Crippen molar-refractivity contribution in [1.82, 2.24) is 0 Å². The summed E-state index contributed by atoms with van der Waals surface area (Å²) in [6, 6.07) is 0. The summed E-state index contributed by atoms with van der Waals surface area (Å²) in [7, 11) is 0. The third-order valence-electron chi connectivity index (χ3n) is 0.914. The number of hydrogen-bond donors (Lipinski definition) is 0. The summed E-state index contributed by atoms with van der Waals surface area (Å²) in [6.07, 6.45) is 1.75. The Kier molecular flexibility index (Phi) is 4.87. The van der Waals surface area contributed by atoms with Gasteiger partial charge in [0, 0.05) is 4.48 Å². The van der Waals surface area contributed by atoms with Crippen LogP contribution in [-0.2, 0) is 4.74 Å². The maximum Gasteiger partial charge on any atom is 0.0932 e. The molecule has 0 rings (SSSR count). The molecular weight excluding hydrogens is 180 g/mol. The Labute approximate surface area is 65.2 Å². The van der Waals surface area contributed by atoms with Gasteiger partial charge in [0.05, 0.1) is 12.9 Å². The molecule has 0 aromatic rings. The van der Waals surface area contributed by atoms with Gasteiger partial charge in [-0.3, -0.25) is 0 Å². The van der Waals surface area contributed by atoms with Crippen LogP contribution in [0.5, 0.6) is 0 Å². The van der Waals surface area contributed by atoms with Crippen molar-refractivity contribution < 1.29 is 4.74 Å². The summed E-state index contributed by atoms with van der Waals surface area (Å²) in [6.45, 7) is 6.93. The molecule has 0 radical (unpaired) electrons. The average molecular weight is 193 g/mol. The van der Waals surface area contributed by atoms with Gasteiger partial charge in [-0.25, -0.2) is 0 Å². The Morgan fingerprint density at radius 2 is 2.22 bits per heavy atom. The van der Waals surface area contributed by atoms with Crippen LogP contribution in [0.1, 0.15) is 20.8 Å². The summed E-state index contributed by atoms with van der Waals surface area (Å²) < 4.78 is 6.16. The van der Waals surface area contributed by atoms with Crippen LogP contribution in [0, 0.1) is 5.92 Å². The van der Waals surface area contributed by atoms with Crippen LogP contribution in [0.25, 0.3) is 0 Å². The fourth-order valence-corrected chi connectivity index (χ4v) is 0.431. The summed E-state index contributed by atoms with van der Waals surface area (Å²) in [5.41, 5.74) is 0. The maximum absolute atomic E-state index is 5.05. The van der Waals surface area contributed by atoms with Crippen LogP contribution in [-0.4, -0.2) is 6.61 Å². The summed E-state index contributed by atoms with van der Waals surface area (Å²) in [5.74, 6) is 0.525. The molecule has 9 heavy (non-hydrogen) atoms. The number of allylic oxidation sites excluding steroid dienone is 1. The van der Waals surface area contributed by atoms with E-state index in [4.69, 9.17) is 4.74 Å². The van der Waals surface area contributed by atoms with Crippen LogP contribution in [0.3, 0.4) is 0 Å². The largest absolute Gasteiger partial charge is 0.501 e. The standard InChI is InChI=1S/C7H13BrO/c1-4-9-5-7(8)6(2)3/h5-6H,4H2,1-3H3/b7-5+. The van der Waals surface area contributed by atoms with Crippen molar-refractivity contribution in [3.05, 3.63) is 10.7 Å². The fourth-order valence-electron chi connectivity index (χ4n) is 0.299. The van der Waals surface area contributed by atoms with Gasteiger partial charge < -0.3 is 4.74 Å². The molecule has 0 amide bonds. The smallest absolute Gasteiger partial charge is 0.0932 e. The Morgan fingerprint density at radius 3 is 2.56 bits per heavy atom. The molecule has 0 spiro atoms. The zero-order chi connectivity index (χ0) is 7.28. The van der Waals surface area contributed by atoms with E-state index in [1.165, 1.54) is 0 Å². The molecule has 0 atom stereocenters. The third kappa shape index (κ3) is 4.52. The summed E-state index contributed by atoms with van der Waals surface area (Å²) >= 11 is 3.38. The van der Waals surface area contributed by atoms with E-state index in [9.17, 15) is 0 Å². The second kappa shape index (κ2) is 4.86. The van der Waals surface area contributed by atoms with Crippen molar-refractivity contribution >= 4 is 15.9 Å². The van der Waals surface area contributed by atoms with Gasteiger partial charge in [0.15, 0.2) is 0 Å². The van der Waals surface area contributed by atoms with Crippen molar-refractivity contribution in [2.75, 3.05) is 6.61 Å². The molecule has 0 N–H and O–H groups in total. The van der Waals surface area contributed by atoms with Crippen LogP contribution >= 0.6 is 15.9 Å². The van der Waals surface area contributed by atoms with Gasteiger partial charge in [-0.05, 0) is 12.8 Å². The number of hydrogen-bond acceptors (Lipinski definition) is 1. The Morgan fingerprint density at radius 1 is 1.67 bits per heavy atom. The first kappa shape index (κ1) is 9.02. The molecule has 0 fully saturated rings. The highest BCUT2D eigenvalue weighted by molar-refractivity contribution is 9.11. The van der Waals surface area contributed by atoms with Gasteiger partial charge in [-0.2, -0.15) is 0 Å². The minimum absolute atomic E-state index is 0.525. The molecule has 0 heterocycles. The Hall–Kier alpha value is 0.0200. The summed E-state index contributed by atoms with van der Waals surface area (Å²) in [4.78, 5) is 0. The van der Waals surface area contributed by atoms with E-state index in [0.29, 0.717) is 5.92 Å². The highest BCUT2D eigenvalue weighted by Gasteiger charge is 1.96. The molecule has 0 saturated carbocycles. The molecule has 0 saturated heterocycles. The molecule has 1 nitrogen and oxygen atoms in total. The SMILES string of the molecule is CCO/C=C(/Br)C(C)C. The lowest BCUT2D eigenvalue weighted by Gasteiger charge is -2.01. The lowest BCUT2D eigenvalue weighted by Crippen LogP contribution is -1.87. The zero-order valence-corrected chi connectivity index (χ0v) is 7.73. The second-order valence-electron chi connectivity index (χ2n) is 2.11.